The molecule has 1 heterocycles. The van der Waals surface area contributed by atoms with E-state index < -0.39 is 5.97 Å². The van der Waals surface area contributed by atoms with Gasteiger partial charge in [0.25, 0.3) is 0 Å². The molecule has 2 aromatic rings. The number of benzene rings is 3. The number of rotatable bonds is 7. The molecule has 10 nitrogen and oxygen atoms in total. The van der Waals surface area contributed by atoms with E-state index in [0.29, 0.717) is 5.56 Å². The van der Waals surface area contributed by atoms with E-state index >= 15 is 0 Å². The molecule has 0 bridgehead atoms. The average Bonchev–Trinajstić information content (AvgIpc) is 2.89. The van der Waals surface area contributed by atoms with E-state index in [-0.39, 0.29) is 76.2 Å². The van der Waals surface area contributed by atoms with Crippen LogP contribution in [-0.2, 0) is 21.1 Å². The first-order chi connectivity index (χ1) is 17.4. The molecule has 234 valence electrons. The molecule has 14 heteroatoms. The van der Waals surface area contributed by atoms with Gasteiger partial charge < -0.3 is 69.2 Å². The summed E-state index contributed by atoms with van der Waals surface area (Å²) in [5.41, 5.74) is 4.62. The fourth-order valence-corrected chi connectivity index (χ4v) is 4.62. The molecule has 0 atom stereocenters. The van der Waals surface area contributed by atoms with Crippen molar-refractivity contribution >= 4 is 22.6 Å². The van der Waals surface area contributed by atoms with Gasteiger partial charge in [0.05, 0.1) is 11.6 Å². The normalized spacial score (nSPS) is 9.05. The summed E-state index contributed by atoms with van der Waals surface area (Å²) in [6, 6.07) is 19.6. The number of fused-ring (bicyclic) bond motifs is 2. The van der Waals surface area contributed by atoms with Crippen molar-refractivity contribution in [3.8, 4) is 22.5 Å². The number of anilines is 1. The van der Waals surface area contributed by atoms with Gasteiger partial charge >= 0.3 is 27.0 Å². The van der Waals surface area contributed by atoms with Crippen LogP contribution in [0.15, 0.2) is 70.4 Å². The minimum Gasteiger partial charge on any atom is -1.00 e. The molecule has 0 saturated heterocycles. The fourth-order valence-electron chi connectivity index (χ4n) is 4.62. The Morgan fingerprint density at radius 2 is 1.45 bits per heavy atom. The first-order valence-electron chi connectivity index (χ1n) is 12.1. The van der Waals surface area contributed by atoms with Gasteiger partial charge in [0.1, 0.15) is 24.4 Å². The number of carbonyl (C=O) groups is 1. The fraction of sp³-hybridized carbons (Fsp3) is 0.286. The summed E-state index contributed by atoms with van der Waals surface area (Å²) in [7, 11) is 0. The summed E-state index contributed by atoms with van der Waals surface area (Å²) in [5.74, 6) is -0.189. The van der Waals surface area contributed by atoms with E-state index in [4.69, 9.17) is 14.5 Å². The van der Waals surface area contributed by atoms with Crippen molar-refractivity contribution in [2.24, 2.45) is 5.34 Å². The smallest absolute Gasteiger partial charge is 1.00 e. The summed E-state index contributed by atoms with van der Waals surface area (Å²) in [5, 5.41) is 19.8. The van der Waals surface area contributed by atoms with Gasteiger partial charge in [0.2, 0.25) is 5.36 Å². The van der Waals surface area contributed by atoms with Gasteiger partial charge in [0, 0.05) is 47.4 Å². The van der Waals surface area contributed by atoms with Gasteiger partial charge in [-0.05, 0) is 57.5 Å². The van der Waals surface area contributed by atoms with Crippen LogP contribution in [0.25, 0.3) is 33.4 Å². The molecule has 0 spiro atoms. The second kappa shape index (κ2) is 21.9. The number of carboxylic acids is 1. The molecule has 4 rings (SSSR count). The van der Waals surface area contributed by atoms with E-state index in [0.717, 1.165) is 65.1 Å². The van der Waals surface area contributed by atoms with Crippen LogP contribution < -0.4 is 64.4 Å². The summed E-state index contributed by atoms with van der Waals surface area (Å²) in [4.78, 5) is 22.5. The molecule has 0 radical (unpaired) electrons. The standard InChI is InChI=1S/C28H30N2O3.3ClH.HNO2.2H3N.Pt/c1-5-29(6-2)19-13-15-23-25(17-19)33-26-18-20(30(7-3)8-4)14-16-24(26)27(23)21-11-9-10-12-22(21)28(31)32;;;;2-1-3;;;/h9-18H,5-8H2,1-4H3;3*1H;(H,2,3);2*1H3;/q;;;;;;;+4/p-2. The summed E-state index contributed by atoms with van der Waals surface area (Å²) in [6.45, 7) is 12.1. The Balaban J connectivity index is -0.000000770. The SMILES string of the molecule is CCN(CC)c1ccc2c(-c3ccccc3C(=O)O)c3ccc(=[N+](CC)CC)cc-3oc2c1.N.N.O=NO.[Cl-].[Cl-].[Cl-].[Pt+4]. The molecule has 0 aromatic heterocycles. The van der Waals surface area contributed by atoms with Crippen molar-refractivity contribution in [2.75, 3.05) is 31.1 Å². The Morgan fingerprint density at radius 3 is 1.98 bits per heavy atom. The topological polar surface area (TPSA) is 176 Å². The minimum absolute atomic E-state index is 0. The van der Waals surface area contributed by atoms with E-state index in [1.54, 1.807) is 12.1 Å². The first kappa shape index (κ1) is 46.2. The predicted molar refractivity (Wildman–Crippen MR) is 153 cm³/mol. The molecule has 0 amide bonds. The second-order valence-corrected chi connectivity index (χ2v) is 8.11. The van der Waals surface area contributed by atoms with Crippen molar-refractivity contribution in [1.82, 2.24) is 16.9 Å². The van der Waals surface area contributed by atoms with Crippen LogP contribution in [0.2, 0.25) is 0 Å². The third-order valence-corrected chi connectivity index (χ3v) is 6.37. The van der Waals surface area contributed by atoms with Crippen LogP contribution in [0.3, 0.4) is 0 Å². The molecule has 0 unspecified atom stereocenters. The molecule has 8 N–H and O–H groups in total. The second-order valence-electron chi connectivity index (χ2n) is 8.11. The van der Waals surface area contributed by atoms with Crippen molar-refractivity contribution in [3.63, 3.8) is 0 Å². The number of nitrogens with zero attached hydrogens (tertiary/aromatic N) is 3. The van der Waals surface area contributed by atoms with Crippen LogP contribution in [0.4, 0.5) is 5.69 Å². The maximum Gasteiger partial charge on any atom is 4.00 e. The van der Waals surface area contributed by atoms with Crippen LogP contribution in [0.5, 0.6) is 0 Å². The molecule has 42 heavy (non-hydrogen) atoms. The van der Waals surface area contributed by atoms with E-state index in [1.165, 1.54) is 5.34 Å². The maximum absolute atomic E-state index is 12.1. The van der Waals surface area contributed by atoms with Crippen molar-refractivity contribution in [3.05, 3.63) is 76.5 Å². The molecule has 2 aliphatic rings. The van der Waals surface area contributed by atoms with Gasteiger partial charge in [-0.25, -0.2) is 9.37 Å². The monoisotopic (exact) mass is 824 g/mol. The zero-order valence-corrected chi connectivity index (χ0v) is 28.5. The molecule has 1 aliphatic heterocycles. The van der Waals surface area contributed by atoms with Gasteiger partial charge in [-0.3, -0.25) is 0 Å². The van der Waals surface area contributed by atoms with Crippen LogP contribution in [-0.4, -0.2) is 42.5 Å². The first-order valence-corrected chi connectivity index (χ1v) is 12.1. The van der Waals surface area contributed by atoms with Gasteiger partial charge in [0.15, 0.2) is 5.34 Å². The van der Waals surface area contributed by atoms with Crippen LogP contribution in [0, 0.1) is 4.91 Å². The third-order valence-electron chi connectivity index (χ3n) is 6.37. The zero-order chi connectivity index (χ0) is 26.2. The zero-order valence-electron chi connectivity index (χ0n) is 23.9. The van der Waals surface area contributed by atoms with E-state index in [9.17, 15) is 9.90 Å². The quantitative estimate of drug-likeness (QED) is 0.0662. The molecule has 2 aromatic carbocycles. The molecular weight excluding hydrogens is 788 g/mol. The molecule has 0 saturated carbocycles. The summed E-state index contributed by atoms with van der Waals surface area (Å²) >= 11 is 0. The Bertz CT molecular complexity index is 1430. The van der Waals surface area contributed by atoms with Gasteiger partial charge in [-0.1, -0.05) is 18.2 Å². The Kier molecular flexibility index (Phi) is 24.1. The number of carboxylic acid groups (broad SMARTS) is 1. The molecule has 1 aliphatic carbocycles. The van der Waals surface area contributed by atoms with Gasteiger partial charge in [-0.2, -0.15) is 0 Å². The van der Waals surface area contributed by atoms with Crippen LogP contribution in [0.1, 0.15) is 38.1 Å². The maximum atomic E-state index is 12.1. The average molecular weight is 826 g/mol. The van der Waals surface area contributed by atoms with Crippen molar-refractivity contribution in [2.45, 2.75) is 27.7 Å². The summed E-state index contributed by atoms with van der Waals surface area (Å²) < 4.78 is 8.74. The number of halogens is 3. The van der Waals surface area contributed by atoms with E-state index in [2.05, 4.69) is 73.6 Å². The number of hydrogen-bond donors (Lipinski definition) is 4. The van der Waals surface area contributed by atoms with E-state index in [1.807, 2.05) is 12.1 Å². The Morgan fingerprint density at radius 1 is 0.881 bits per heavy atom. The molecule has 0 fully saturated rings. The number of aromatic carboxylic acids is 1. The number of hydrogen-bond acceptors (Lipinski definition) is 7. The summed E-state index contributed by atoms with van der Waals surface area (Å²) in [6.07, 6.45) is 0. The Hall–Kier alpha value is -2.72. The predicted octanol–water partition coefficient (Wildman–Crippen LogP) is -2.96. The molecular formula is C28H38Cl3N5O5Pt+2. The van der Waals surface area contributed by atoms with Crippen molar-refractivity contribution in [1.29, 1.82) is 0 Å². The minimum atomic E-state index is -0.938. The van der Waals surface area contributed by atoms with Crippen LogP contribution >= 0.6 is 0 Å². The third kappa shape index (κ3) is 9.93. The van der Waals surface area contributed by atoms with Crippen molar-refractivity contribution < 1.29 is 77.8 Å². The largest absolute Gasteiger partial charge is 4.00 e. The van der Waals surface area contributed by atoms with Gasteiger partial charge in [-0.15, -0.1) is 4.91 Å². The Labute approximate surface area is 279 Å².